The highest BCUT2D eigenvalue weighted by molar-refractivity contribution is 9.11. The van der Waals surface area contributed by atoms with Crippen molar-refractivity contribution in [2.45, 2.75) is 0 Å². The fourth-order valence-electron chi connectivity index (χ4n) is 3.13. The molecular formula is C21H12Br2N4O4. The number of aromatic nitrogens is 2. The van der Waals surface area contributed by atoms with Crippen LogP contribution in [-0.2, 0) is 0 Å². The van der Waals surface area contributed by atoms with Crippen molar-refractivity contribution in [2.24, 2.45) is 0 Å². The van der Waals surface area contributed by atoms with Crippen molar-refractivity contribution in [3.05, 3.63) is 95.9 Å². The van der Waals surface area contributed by atoms with Crippen molar-refractivity contribution in [1.82, 2.24) is 9.97 Å². The molecule has 0 radical (unpaired) electrons. The Bertz CT molecular complexity index is 1240. The Hall–Kier alpha value is -3.37. The van der Waals surface area contributed by atoms with Crippen molar-refractivity contribution in [3.63, 3.8) is 0 Å². The number of nitrogens with one attached hydrogen (secondary N) is 1. The third-order valence-corrected chi connectivity index (χ3v) is 5.94. The molecule has 0 aliphatic carbocycles. The van der Waals surface area contributed by atoms with E-state index in [-0.39, 0.29) is 11.4 Å². The molecule has 4 aromatic rings. The van der Waals surface area contributed by atoms with Gasteiger partial charge >= 0.3 is 0 Å². The Kier molecular flexibility index (Phi) is 5.66. The van der Waals surface area contributed by atoms with Crippen LogP contribution in [0, 0.1) is 20.2 Å². The zero-order valence-corrected chi connectivity index (χ0v) is 18.8. The van der Waals surface area contributed by atoms with Gasteiger partial charge in [0.25, 0.3) is 11.4 Å². The van der Waals surface area contributed by atoms with E-state index >= 15 is 0 Å². The average Bonchev–Trinajstić information content (AvgIpc) is 3.20. The van der Waals surface area contributed by atoms with Gasteiger partial charge in [0.05, 0.1) is 30.2 Å². The lowest BCUT2D eigenvalue weighted by atomic mass is 10.0. The Balaban J connectivity index is 1.96. The number of H-pyrrole nitrogens is 1. The van der Waals surface area contributed by atoms with E-state index in [4.69, 9.17) is 0 Å². The molecule has 0 amide bonds. The summed E-state index contributed by atoms with van der Waals surface area (Å²) in [6.07, 6.45) is 0. The highest BCUT2D eigenvalue weighted by Gasteiger charge is 2.21. The van der Waals surface area contributed by atoms with Crippen LogP contribution in [-0.4, -0.2) is 19.8 Å². The molecule has 0 atom stereocenters. The van der Waals surface area contributed by atoms with Gasteiger partial charge in [-0.2, -0.15) is 0 Å². The molecule has 154 valence electrons. The van der Waals surface area contributed by atoms with E-state index in [1.807, 2.05) is 30.3 Å². The van der Waals surface area contributed by atoms with E-state index in [2.05, 4.69) is 41.8 Å². The molecule has 0 fully saturated rings. The number of nitrogens with zero attached hydrogens (tertiary/aromatic N) is 3. The van der Waals surface area contributed by atoms with Crippen molar-refractivity contribution in [3.8, 4) is 33.9 Å². The molecule has 0 bridgehead atoms. The number of hydrogen-bond acceptors (Lipinski definition) is 5. The average molecular weight is 544 g/mol. The van der Waals surface area contributed by atoms with Crippen LogP contribution in [0.1, 0.15) is 0 Å². The molecule has 0 aliphatic rings. The van der Waals surface area contributed by atoms with E-state index in [1.54, 1.807) is 24.3 Å². The van der Waals surface area contributed by atoms with Crippen LogP contribution < -0.4 is 0 Å². The molecule has 3 aromatic carbocycles. The fraction of sp³-hybridized carbons (Fsp3) is 0. The summed E-state index contributed by atoms with van der Waals surface area (Å²) >= 11 is 6.39. The third-order valence-electron chi connectivity index (χ3n) is 4.60. The molecule has 10 heteroatoms. The van der Waals surface area contributed by atoms with Gasteiger partial charge in [0.1, 0.15) is 5.82 Å². The Morgan fingerprint density at radius 2 is 1.29 bits per heavy atom. The lowest BCUT2D eigenvalue weighted by Gasteiger charge is -2.05. The summed E-state index contributed by atoms with van der Waals surface area (Å²) in [5.74, 6) is 0.543. The summed E-state index contributed by atoms with van der Waals surface area (Å²) in [4.78, 5) is 29.8. The minimum atomic E-state index is -0.484. The van der Waals surface area contributed by atoms with Crippen molar-refractivity contribution in [1.29, 1.82) is 0 Å². The van der Waals surface area contributed by atoms with E-state index in [9.17, 15) is 20.2 Å². The Labute approximate surface area is 192 Å². The summed E-state index contributed by atoms with van der Waals surface area (Å²) in [5, 5.41) is 22.8. The van der Waals surface area contributed by atoms with E-state index in [1.165, 1.54) is 12.1 Å². The first kappa shape index (κ1) is 20.9. The van der Waals surface area contributed by atoms with Gasteiger partial charge in [0.2, 0.25) is 0 Å². The van der Waals surface area contributed by atoms with Gasteiger partial charge in [0, 0.05) is 28.8 Å². The van der Waals surface area contributed by atoms with E-state index in [0.29, 0.717) is 37.3 Å². The molecule has 0 saturated heterocycles. The van der Waals surface area contributed by atoms with Crippen LogP contribution in [0.15, 0.2) is 75.7 Å². The maximum atomic E-state index is 11.4. The molecule has 0 saturated carbocycles. The number of nitro groups is 2. The largest absolute Gasteiger partial charge is 0.337 e. The first-order valence-corrected chi connectivity index (χ1v) is 10.5. The molecule has 0 spiro atoms. The SMILES string of the molecule is O=[N+]([O-])c1cc(-c2nc(-c3ccccc3)[nH]c2-c2ccc(Br)c([N+](=O)[O-])c2)ccc1Br. The van der Waals surface area contributed by atoms with Gasteiger partial charge in [-0.05, 0) is 44.0 Å². The minimum absolute atomic E-state index is 0.0962. The molecule has 31 heavy (non-hydrogen) atoms. The topological polar surface area (TPSA) is 115 Å². The van der Waals surface area contributed by atoms with Crippen molar-refractivity contribution < 1.29 is 9.85 Å². The van der Waals surface area contributed by atoms with Crippen molar-refractivity contribution >= 4 is 43.2 Å². The van der Waals surface area contributed by atoms with Gasteiger partial charge < -0.3 is 4.98 Å². The number of rotatable bonds is 5. The normalized spacial score (nSPS) is 10.8. The van der Waals surface area contributed by atoms with Crippen LogP contribution in [0.5, 0.6) is 0 Å². The van der Waals surface area contributed by atoms with E-state index < -0.39 is 9.85 Å². The summed E-state index contributed by atoms with van der Waals surface area (Å²) in [6, 6.07) is 18.8. The Morgan fingerprint density at radius 1 is 0.742 bits per heavy atom. The molecule has 8 nitrogen and oxygen atoms in total. The second kappa shape index (κ2) is 8.40. The fourth-order valence-corrected chi connectivity index (χ4v) is 3.91. The van der Waals surface area contributed by atoms with Gasteiger partial charge in [0.15, 0.2) is 0 Å². The predicted molar refractivity (Wildman–Crippen MR) is 124 cm³/mol. The molecule has 0 unspecified atom stereocenters. The number of nitro benzene ring substituents is 2. The number of imidazole rings is 1. The molecule has 0 aliphatic heterocycles. The molecule has 1 N–H and O–H groups in total. The highest BCUT2D eigenvalue weighted by atomic mass is 79.9. The summed E-state index contributed by atoms with van der Waals surface area (Å²) in [7, 11) is 0. The second-order valence-electron chi connectivity index (χ2n) is 6.52. The van der Waals surface area contributed by atoms with Crippen LogP contribution in [0.4, 0.5) is 11.4 Å². The molecule has 1 aromatic heterocycles. The molecule has 4 rings (SSSR count). The predicted octanol–water partition coefficient (Wildman–Crippen LogP) is 6.75. The van der Waals surface area contributed by atoms with Gasteiger partial charge in [-0.3, -0.25) is 20.2 Å². The number of halogens is 2. The van der Waals surface area contributed by atoms with Crippen LogP contribution in [0.3, 0.4) is 0 Å². The standard InChI is InChI=1S/C21H12Br2N4O4/c22-15-8-6-13(10-17(15)26(28)29)19-20(14-7-9-16(23)18(11-14)27(30)31)25-21(24-19)12-4-2-1-3-5-12/h1-11H,(H,24,25). The monoisotopic (exact) mass is 542 g/mol. The smallest absolute Gasteiger partial charge is 0.284 e. The van der Waals surface area contributed by atoms with Crippen LogP contribution in [0.25, 0.3) is 33.9 Å². The maximum Gasteiger partial charge on any atom is 0.284 e. The van der Waals surface area contributed by atoms with Gasteiger partial charge in [-0.1, -0.05) is 42.5 Å². The first-order valence-electron chi connectivity index (χ1n) is 8.89. The first-order chi connectivity index (χ1) is 14.8. The zero-order chi connectivity index (χ0) is 22.1. The van der Waals surface area contributed by atoms with Gasteiger partial charge in [-0.25, -0.2) is 4.98 Å². The third kappa shape index (κ3) is 4.12. The molecule has 1 heterocycles. The van der Waals surface area contributed by atoms with Gasteiger partial charge in [-0.15, -0.1) is 0 Å². The summed E-state index contributed by atoms with van der Waals surface area (Å²) in [5.41, 5.74) is 2.63. The van der Waals surface area contributed by atoms with Crippen molar-refractivity contribution in [2.75, 3.05) is 0 Å². The Morgan fingerprint density at radius 3 is 1.87 bits per heavy atom. The van der Waals surface area contributed by atoms with E-state index in [0.717, 1.165) is 5.56 Å². The second-order valence-corrected chi connectivity index (χ2v) is 8.23. The summed E-state index contributed by atoms with van der Waals surface area (Å²) < 4.78 is 0.700. The quantitative estimate of drug-likeness (QED) is 0.221. The zero-order valence-electron chi connectivity index (χ0n) is 15.6. The molecular weight excluding hydrogens is 532 g/mol. The minimum Gasteiger partial charge on any atom is -0.337 e. The van der Waals surface area contributed by atoms with Crippen LogP contribution >= 0.6 is 31.9 Å². The summed E-state index contributed by atoms with van der Waals surface area (Å²) in [6.45, 7) is 0. The lowest BCUT2D eigenvalue weighted by Crippen LogP contribution is -1.93. The number of hydrogen-bond donors (Lipinski definition) is 1. The number of aromatic amines is 1. The highest BCUT2D eigenvalue weighted by Crippen LogP contribution is 2.38. The maximum absolute atomic E-state index is 11.4. The lowest BCUT2D eigenvalue weighted by molar-refractivity contribution is -0.385. The number of benzene rings is 3. The van der Waals surface area contributed by atoms with Crippen LogP contribution in [0.2, 0.25) is 0 Å².